The monoisotopic (exact) mass is 446 g/mol. The van der Waals surface area contributed by atoms with Crippen LogP contribution in [0.2, 0.25) is 0 Å². The van der Waals surface area contributed by atoms with Crippen LogP contribution in [-0.2, 0) is 24.9 Å². The van der Waals surface area contributed by atoms with Crippen LogP contribution in [-0.4, -0.2) is 26.4 Å². The summed E-state index contributed by atoms with van der Waals surface area (Å²) in [4.78, 5) is 12.4. The number of thioether (sulfide) groups is 1. The van der Waals surface area contributed by atoms with Gasteiger partial charge in [0.2, 0.25) is 5.91 Å². The summed E-state index contributed by atoms with van der Waals surface area (Å²) in [5.41, 5.74) is 3.08. The molecule has 0 spiro atoms. The fourth-order valence-corrected chi connectivity index (χ4v) is 4.30. The molecule has 3 aromatic carbocycles. The highest BCUT2D eigenvalue weighted by Crippen LogP contribution is 2.28. The number of fused-ring (bicyclic) bond motifs is 1. The predicted octanol–water partition coefficient (Wildman–Crippen LogP) is 5.15. The van der Waals surface area contributed by atoms with Crippen molar-refractivity contribution in [2.24, 2.45) is 7.05 Å². The van der Waals surface area contributed by atoms with E-state index < -0.39 is 0 Å². The Labute approximate surface area is 192 Å². The number of amides is 1. The zero-order valence-electron chi connectivity index (χ0n) is 18.5. The number of ether oxygens (including phenoxy) is 1. The van der Waals surface area contributed by atoms with Crippen LogP contribution >= 0.6 is 11.8 Å². The van der Waals surface area contributed by atoms with Crippen molar-refractivity contribution in [1.82, 2.24) is 14.8 Å². The molecule has 6 nitrogen and oxygen atoms in total. The van der Waals surface area contributed by atoms with Crippen LogP contribution in [0.25, 0.3) is 10.8 Å². The van der Waals surface area contributed by atoms with Crippen molar-refractivity contribution in [3.05, 3.63) is 77.6 Å². The minimum absolute atomic E-state index is 0.0662. The van der Waals surface area contributed by atoms with Gasteiger partial charge in [0.15, 0.2) is 11.0 Å². The van der Waals surface area contributed by atoms with Gasteiger partial charge in [0.25, 0.3) is 0 Å². The molecule has 0 unspecified atom stereocenters. The first-order valence-electron chi connectivity index (χ1n) is 10.6. The summed E-state index contributed by atoms with van der Waals surface area (Å²) in [5.74, 6) is 1.73. The third-order valence-electron chi connectivity index (χ3n) is 5.44. The minimum atomic E-state index is -0.0662. The van der Waals surface area contributed by atoms with Gasteiger partial charge < -0.3 is 14.6 Å². The van der Waals surface area contributed by atoms with Crippen LogP contribution in [0.15, 0.2) is 65.8 Å². The van der Waals surface area contributed by atoms with Gasteiger partial charge in [0.05, 0.1) is 5.75 Å². The Morgan fingerprint density at radius 1 is 1.06 bits per heavy atom. The maximum absolute atomic E-state index is 12.4. The Kier molecular flexibility index (Phi) is 6.75. The van der Waals surface area contributed by atoms with E-state index in [9.17, 15) is 4.79 Å². The Hall–Kier alpha value is -3.32. The molecule has 32 heavy (non-hydrogen) atoms. The molecule has 0 aliphatic heterocycles. The lowest BCUT2D eigenvalue weighted by Gasteiger charge is -2.11. The van der Waals surface area contributed by atoms with Gasteiger partial charge in [-0.3, -0.25) is 4.79 Å². The van der Waals surface area contributed by atoms with Crippen LogP contribution in [0.5, 0.6) is 5.75 Å². The highest BCUT2D eigenvalue weighted by atomic mass is 32.2. The number of anilines is 1. The zero-order chi connectivity index (χ0) is 22.5. The van der Waals surface area contributed by atoms with Crippen LogP contribution in [0.4, 0.5) is 5.69 Å². The summed E-state index contributed by atoms with van der Waals surface area (Å²) >= 11 is 1.36. The van der Waals surface area contributed by atoms with Crippen molar-refractivity contribution in [3.63, 3.8) is 0 Å². The second-order valence-electron chi connectivity index (χ2n) is 7.50. The third-order valence-corrected chi connectivity index (χ3v) is 6.46. The number of benzene rings is 3. The molecule has 0 saturated carbocycles. The zero-order valence-corrected chi connectivity index (χ0v) is 19.3. The van der Waals surface area contributed by atoms with Crippen molar-refractivity contribution >= 4 is 34.1 Å². The Morgan fingerprint density at radius 2 is 1.84 bits per heavy atom. The van der Waals surface area contributed by atoms with E-state index in [0.717, 1.165) is 29.0 Å². The van der Waals surface area contributed by atoms with Gasteiger partial charge in [-0.2, -0.15) is 0 Å². The average Bonchev–Trinajstić information content (AvgIpc) is 3.17. The highest BCUT2D eigenvalue weighted by Gasteiger charge is 2.14. The van der Waals surface area contributed by atoms with Crippen LogP contribution in [0.1, 0.15) is 23.9 Å². The van der Waals surface area contributed by atoms with E-state index in [4.69, 9.17) is 4.74 Å². The fourth-order valence-electron chi connectivity index (χ4n) is 3.57. The molecule has 0 fully saturated rings. The minimum Gasteiger partial charge on any atom is -0.485 e. The number of nitrogens with one attached hydrogen (secondary N) is 1. The molecule has 1 amide bonds. The SMILES string of the molecule is CCc1ccccc1NC(=O)CSc1nnc(COc2ccc3ccccc3c2C)n1C. The lowest BCUT2D eigenvalue weighted by atomic mass is 10.0. The van der Waals surface area contributed by atoms with Gasteiger partial charge in [-0.25, -0.2) is 0 Å². The van der Waals surface area contributed by atoms with Crippen molar-refractivity contribution in [2.45, 2.75) is 32.0 Å². The number of hydrogen-bond donors (Lipinski definition) is 1. The maximum atomic E-state index is 12.4. The summed E-state index contributed by atoms with van der Waals surface area (Å²) in [5, 5.41) is 14.5. The second kappa shape index (κ2) is 9.87. The van der Waals surface area contributed by atoms with Gasteiger partial charge in [-0.05, 0) is 47.4 Å². The van der Waals surface area contributed by atoms with E-state index in [1.165, 1.54) is 22.5 Å². The molecule has 164 valence electrons. The Bertz CT molecular complexity index is 1250. The molecule has 0 aliphatic rings. The quantitative estimate of drug-likeness (QED) is 0.379. The number of hydrogen-bond acceptors (Lipinski definition) is 5. The molecule has 0 aliphatic carbocycles. The lowest BCUT2D eigenvalue weighted by molar-refractivity contribution is -0.113. The van der Waals surface area contributed by atoms with E-state index in [0.29, 0.717) is 17.6 Å². The number of nitrogens with zero attached hydrogens (tertiary/aromatic N) is 3. The van der Waals surface area contributed by atoms with Crippen LogP contribution < -0.4 is 10.1 Å². The summed E-state index contributed by atoms with van der Waals surface area (Å²) in [7, 11) is 1.89. The number of carbonyl (C=O) groups is 1. The van der Waals surface area contributed by atoms with Crippen molar-refractivity contribution in [2.75, 3.05) is 11.1 Å². The normalized spacial score (nSPS) is 11.0. The highest BCUT2D eigenvalue weighted by molar-refractivity contribution is 7.99. The molecule has 0 atom stereocenters. The standard InChI is InChI=1S/C25H26N4O2S/c1-4-18-9-6-8-12-21(18)26-24(30)16-32-25-28-27-23(29(25)3)15-31-22-14-13-19-10-5-7-11-20(19)17(22)2/h5-14H,4,15-16H2,1-3H3,(H,26,30). The molecule has 1 N–H and O–H groups in total. The number of aryl methyl sites for hydroxylation is 2. The Morgan fingerprint density at radius 3 is 2.69 bits per heavy atom. The molecule has 0 radical (unpaired) electrons. The van der Waals surface area contributed by atoms with Gasteiger partial charge in [0.1, 0.15) is 12.4 Å². The second-order valence-corrected chi connectivity index (χ2v) is 8.45. The van der Waals surface area contributed by atoms with E-state index in [-0.39, 0.29) is 11.7 Å². The summed E-state index contributed by atoms with van der Waals surface area (Å²) < 4.78 is 7.91. The molecular formula is C25H26N4O2S. The number of para-hydroxylation sites is 1. The van der Waals surface area contributed by atoms with E-state index in [2.05, 4.69) is 47.6 Å². The molecule has 0 saturated heterocycles. The summed E-state index contributed by atoms with van der Waals surface area (Å²) in [6, 6.07) is 20.1. The first-order chi connectivity index (χ1) is 15.6. The maximum Gasteiger partial charge on any atom is 0.234 e. The van der Waals surface area contributed by atoms with Crippen molar-refractivity contribution in [1.29, 1.82) is 0 Å². The van der Waals surface area contributed by atoms with E-state index in [1.54, 1.807) is 0 Å². The van der Waals surface area contributed by atoms with Gasteiger partial charge in [0, 0.05) is 12.7 Å². The first-order valence-corrected chi connectivity index (χ1v) is 11.6. The fraction of sp³-hybridized carbons (Fsp3) is 0.240. The first kappa shape index (κ1) is 21.9. The molecule has 1 heterocycles. The molecule has 4 aromatic rings. The number of rotatable bonds is 8. The van der Waals surface area contributed by atoms with Crippen molar-refractivity contribution < 1.29 is 9.53 Å². The third kappa shape index (κ3) is 4.78. The largest absolute Gasteiger partial charge is 0.485 e. The Balaban J connectivity index is 1.36. The lowest BCUT2D eigenvalue weighted by Crippen LogP contribution is -2.15. The molecule has 0 bridgehead atoms. The molecular weight excluding hydrogens is 420 g/mol. The predicted molar refractivity (Wildman–Crippen MR) is 129 cm³/mol. The molecule has 4 rings (SSSR count). The number of carbonyl (C=O) groups excluding carboxylic acids is 1. The van der Waals surface area contributed by atoms with E-state index in [1.807, 2.05) is 54.1 Å². The van der Waals surface area contributed by atoms with Gasteiger partial charge in [-0.1, -0.05) is 67.2 Å². The summed E-state index contributed by atoms with van der Waals surface area (Å²) in [6.45, 7) is 4.44. The smallest absolute Gasteiger partial charge is 0.234 e. The van der Waals surface area contributed by atoms with E-state index >= 15 is 0 Å². The van der Waals surface area contributed by atoms with Gasteiger partial charge >= 0.3 is 0 Å². The van der Waals surface area contributed by atoms with Crippen LogP contribution in [0.3, 0.4) is 0 Å². The molecule has 1 aromatic heterocycles. The average molecular weight is 447 g/mol. The molecule has 7 heteroatoms. The number of aromatic nitrogens is 3. The van der Waals surface area contributed by atoms with Crippen LogP contribution in [0, 0.1) is 6.92 Å². The topological polar surface area (TPSA) is 69.0 Å². The van der Waals surface area contributed by atoms with Crippen molar-refractivity contribution in [3.8, 4) is 5.75 Å². The summed E-state index contributed by atoms with van der Waals surface area (Å²) in [6.07, 6.45) is 0.868. The van der Waals surface area contributed by atoms with Gasteiger partial charge in [-0.15, -0.1) is 10.2 Å².